The third-order valence-electron chi connectivity index (χ3n) is 7.08. The average molecular weight is 514 g/mol. The van der Waals surface area contributed by atoms with E-state index in [1.807, 2.05) is 18.2 Å². The molecule has 2 N–H and O–H groups in total. The number of sulfonamides is 1. The van der Waals surface area contributed by atoms with Crippen LogP contribution in [0, 0.1) is 17.8 Å². The molecule has 3 aliphatic rings. The van der Waals surface area contributed by atoms with E-state index in [4.69, 9.17) is 16.3 Å². The molecule has 2 aromatic carbocycles. The van der Waals surface area contributed by atoms with Crippen LogP contribution in [0.3, 0.4) is 0 Å². The summed E-state index contributed by atoms with van der Waals surface area (Å²) in [4.78, 5) is 13.3. The normalized spacial score (nSPS) is 25.5. The van der Waals surface area contributed by atoms with Gasteiger partial charge in [0, 0.05) is 22.5 Å². The summed E-state index contributed by atoms with van der Waals surface area (Å²) in [7, 11) is -3.81. The minimum absolute atomic E-state index is 0.106. The molecule has 1 heterocycles. The van der Waals surface area contributed by atoms with Crippen molar-refractivity contribution in [1.29, 1.82) is 0 Å². The number of ether oxygens (including phenoxy) is 1. The molecule has 6 nitrogen and oxygen atoms in total. The first kappa shape index (κ1) is 24.1. The predicted molar refractivity (Wildman–Crippen MR) is 134 cm³/mol. The van der Waals surface area contributed by atoms with Crippen molar-refractivity contribution in [2.45, 2.75) is 49.0 Å². The molecule has 2 aromatic rings. The van der Waals surface area contributed by atoms with Gasteiger partial charge in [0.1, 0.15) is 5.76 Å². The topological polar surface area (TPSA) is 92.7 Å². The number of hydrogen-bond acceptors (Lipinski definition) is 5. The van der Waals surface area contributed by atoms with Gasteiger partial charge in [-0.3, -0.25) is 9.52 Å². The van der Waals surface area contributed by atoms with E-state index >= 15 is 0 Å². The molecule has 8 heteroatoms. The van der Waals surface area contributed by atoms with Crippen LogP contribution in [-0.4, -0.2) is 25.6 Å². The molecule has 0 amide bonds. The SMILES string of the molecule is O=C1OC2=CC=CCCCC2C(O)C1C(c1cccc(NS(=O)(=O)c2ccc(Cl)cc2)c1)C1CC1. The van der Waals surface area contributed by atoms with Crippen LogP contribution in [0.1, 0.15) is 43.6 Å². The zero-order chi connectivity index (χ0) is 24.6. The number of aliphatic hydroxyl groups excluding tert-OH is 1. The van der Waals surface area contributed by atoms with Crippen LogP contribution in [0.25, 0.3) is 0 Å². The second kappa shape index (κ2) is 9.80. The summed E-state index contributed by atoms with van der Waals surface area (Å²) in [5.41, 5.74) is 1.22. The Morgan fingerprint density at radius 1 is 1.09 bits per heavy atom. The van der Waals surface area contributed by atoms with Gasteiger partial charge in [-0.2, -0.15) is 0 Å². The van der Waals surface area contributed by atoms with Crippen molar-refractivity contribution in [2.24, 2.45) is 17.8 Å². The van der Waals surface area contributed by atoms with Crippen LogP contribution >= 0.6 is 11.6 Å². The molecule has 0 aromatic heterocycles. The number of halogens is 1. The lowest BCUT2D eigenvalue weighted by atomic mass is 9.72. The molecule has 5 rings (SSSR count). The molecule has 4 unspecified atom stereocenters. The number of benzene rings is 2. The van der Waals surface area contributed by atoms with Gasteiger partial charge in [-0.15, -0.1) is 0 Å². The highest BCUT2D eigenvalue weighted by atomic mass is 35.5. The molecular weight excluding hydrogens is 486 g/mol. The van der Waals surface area contributed by atoms with Crippen molar-refractivity contribution < 1.29 is 23.1 Å². The van der Waals surface area contributed by atoms with Gasteiger partial charge in [-0.25, -0.2) is 8.42 Å². The van der Waals surface area contributed by atoms with Gasteiger partial charge in [0.05, 0.1) is 16.9 Å². The highest BCUT2D eigenvalue weighted by Crippen LogP contribution is 2.51. The van der Waals surface area contributed by atoms with Crippen molar-refractivity contribution in [3.8, 4) is 0 Å². The Morgan fingerprint density at radius 2 is 1.86 bits per heavy atom. The van der Waals surface area contributed by atoms with Gasteiger partial charge in [0.25, 0.3) is 10.0 Å². The molecule has 1 saturated heterocycles. The van der Waals surface area contributed by atoms with E-state index in [2.05, 4.69) is 4.72 Å². The second-order valence-corrected chi connectivity index (χ2v) is 11.6. The van der Waals surface area contributed by atoms with Gasteiger partial charge >= 0.3 is 5.97 Å². The Labute approximate surface area is 210 Å². The average Bonchev–Trinajstić information content (AvgIpc) is 3.63. The molecular formula is C27H28ClNO5S. The summed E-state index contributed by atoms with van der Waals surface area (Å²) in [6.45, 7) is 0. The minimum atomic E-state index is -3.81. The number of carbonyl (C=O) groups is 1. The van der Waals surface area contributed by atoms with E-state index in [1.54, 1.807) is 24.3 Å². The second-order valence-electron chi connectivity index (χ2n) is 9.52. The standard InChI is InChI=1S/C27H28ClNO5S/c28-19-12-14-21(15-13-19)35(32,33)29-20-7-5-6-18(16-20)24(17-10-11-17)25-26(30)22-8-3-1-2-4-9-23(22)34-27(25)31/h2,4-7,9,12-17,22,24-26,29-30H,1,3,8,10-11H2. The first-order valence-electron chi connectivity index (χ1n) is 12.0. The smallest absolute Gasteiger partial charge is 0.317 e. The predicted octanol–water partition coefficient (Wildman–Crippen LogP) is 5.41. The van der Waals surface area contributed by atoms with Crippen LogP contribution in [-0.2, 0) is 19.6 Å². The van der Waals surface area contributed by atoms with Gasteiger partial charge in [-0.05, 0) is 86.1 Å². The number of hydrogen-bond donors (Lipinski definition) is 2. The molecule has 35 heavy (non-hydrogen) atoms. The molecule has 1 saturated carbocycles. The zero-order valence-electron chi connectivity index (χ0n) is 19.1. The largest absolute Gasteiger partial charge is 0.430 e. The quantitative estimate of drug-likeness (QED) is 0.504. The van der Waals surface area contributed by atoms with Crippen LogP contribution < -0.4 is 4.72 Å². The summed E-state index contributed by atoms with van der Waals surface area (Å²) in [5.74, 6) is -0.817. The van der Waals surface area contributed by atoms with E-state index in [0.717, 1.165) is 37.7 Å². The number of carbonyl (C=O) groups excluding carboxylic acids is 1. The van der Waals surface area contributed by atoms with E-state index in [-0.39, 0.29) is 22.6 Å². The fourth-order valence-electron chi connectivity index (χ4n) is 5.23. The summed E-state index contributed by atoms with van der Waals surface area (Å²) >= 11 is 5.89. The zero-order valence-corrected chi connectivity index (χ0v) is 20.7. The van der Waals surface area contributed by atoms with Crippen molar-refractivity contribution in [2.75, 3.05) is 4.72 Å². The number of esters is 1. The molecule has 4 atom stereocenters. The first-order valence-corrected chi connectivity index (χ1v) is 13.8. The lowest BCUT2D eigenvalue weighted by molar-refractivity contribution is -0.160. The minimum Gasteiger partial charge on any atom is -0.430 e. The summed E-state index contributed by atoms with van der Waals surface area (Å²) in [6.07, 6.45) is 9.36. The fourth-order valence-corrected chi connectivity index (χ4v) is 6.40. The molecule has 0 spiro atoms. The summed E-state index contributed by atoms with van der Waals surface area (Å²) < 4.78 is 34.2. The first-order chi connectivity index (χ1) is 16.8. The van der Waals surface area contributed by atoms with Gasteiger partial charge in [0.15, 0.2) is 0 Å². The Kier molecular flexibility index (Phi) is 6.75. The number of allylic oxidation sites excluding steroid dienone is 3. The van der Waals surface area contributed by atoms with Crippen LogP contribution in [0.5, 0.6) is 0 Å². The molecule has 0 radical (unpaired) electrons. The number of fused-ring (bicyclic) bond motifs is 1. The maximum Gasteiger partial charge on any atom is 0.317 e. The monoisotopic (exact) mass is 513 g/mol. The van der Waals surface area contributed by atoms with Crippen molar-refractivity contribution in [1.82, 2.24) is 0 Å². The maximum absolute atomic E-state index is 13.2. The lowest BCUT2D eigenvalue weighted by Crippen LogP contribution is -2.45. The van der Waals surface area contributed by atoms with Gasteiger partial charge < -0.3 is 9.84 Å². The Morgan fingerprint density at radius 3 is 2.60 bits per heavy atom. The molecule has 0 bridgehead atoms. The van der Waals surface area contributed by atoms with Crippen molar-refractivity contribution in [3.05, 3.63) is 83.1 Å². The van der Waals surface area contributed by atoms with E-state index in [9.17, 15) is 18.3 Å². The van der Waals surface area contributed by atoms with E-state index < -0.39 is 28.0 Å². The Bertz CT molecular complexity index is 1270. The number of rotatable bonds is 6. The fraction of sp³-hybridized carbons (Fsp3) is 0.370. The van der Waals surface area contributed by atoms with Crippen LogP contribution in [0.2, 0.25) is 5.02 Å². The Balaban J connectivity index is 1.44. The van der Waals surface area contributed by atoms with Gasteiger partial charge in [-0.1, -0.05) is 35.9 Å². The number of aliphatic hydroxyl groups is 1. The molecule has 1 aliphatic heterocycles. The molecule has 2 fully saturated rings. The highest BCUT2D eigenvalue weighted by Gasteiger charge is 2.50. The van der Waals surface area contributed by atoms with Crippen LogP contribution in [0.4, 0.5) is 5.69 Å². The van der Waals surface area contributed by atoms with E-state index in [0.29, 0.717) is 16.5 Å². The van der Waals surface area contributed by atoms with E-state index in [1.165, 1.54) is 24.3 Å². The molecule has 2 aliphatic carbocycles. The maximum atomic E-state index is 13.2. The van der Waals surface area contributed by atoms with Crippen molar-refractivity contribution >= 4 is 33.3 Å². The summed E-state index contributed by atoms with van der Waals surface area (Å²) in [5, 5.41) is 11.9. The Hall–Kier alpha value is -2.61. The third-order valence-corrected chi connectivity index (χ3v) is 8.73. The van der Waals surface area contributed by atoms with Gasteiger partial charge in [0.2, 0.25) is 0 Å². The molecule has 184 valence electrons. The number of nitrogens with one attached hydrogen (secondary N) is 1. The van der Waals surface area contributed by atoms with Crippen LogP contribution in [0.15, 0.2) is 77.4 Å². The lowest BCUT2D eigenvalue weighted by Gasteiger charge is -2.39. The number of anilines is 1. The highest BCUT2D eigenvalue weighted by molar-refractivity contribution is 7.92. The summed E-state index contributed by atoms with van der Waals surface area (Å²) in [6, 6.07) is 13.1. The third kappa shape index (κ3) is 5.17. The van der Waals surface area contributed by atoms with Crippen molar-refractivity contribution in [3.63, 3.8) is 0 Å².